The van der Waals surface area contributed by atoms with E-state index < -0.39 is 15.9 Å². The molecule has 148 valence electrons. The molecule has 0 radical (unpaired) electrons. The van der Waals surface area contributed by atoms with Crippen LogP contribution in [0, 0.1) is 6.92 Å². The Labute approximate surface area is 170 Å². The molecule has 1 amide bonds. The number of benzene rings is 2. The molecule has 2 aromatic carbocycles. The molecule has 2 aromatic rings. The van der Waals surface area contributed by atoms with Crippen LogP contribution in [0.1, 0.15) is 31.2 Å². The highest BCUT2D eigenvalue weighted by atomic mass is 35.5. The zero-order valence-corrected chi connectivity index (χ0v) is 17.1. The number of hydrogen-bond acceptors (Lipinski definition) is 4. The van der Waals surface area contributed by atoms with E-state index in [2.05, 4.69) is 10.5 Å². The van der Waals surface area contributed by atoms with Gasteiger partial charge in [-0.1, -0.05) is 29.8 Å². The summed E-state index contributed by atoms with van der Waals surface area (Å²) in [5.41, 5.74) is 4.49. The lowest BCUT2D eigenvalue weighted by atomic mass is 10.2. The first kappa shape index (κ1) is 20.4. The maximum absolute atomic E-state index is 13.2. The van der Waals surface area contributed by atoms with E-state index >= 15 is 0 Å². The zero-order valence-electron chi connectivity index (χ0n) is 15.6. The quantitative estimate of drug-likeness (QED) is 0.721. The number of rotatable bonds is 6. The van der Waals surface area contributed by atoms with Gasteiger partial charge < -0.3 is 0 Å². The van der Waals surface area contributed by atoms with Crippen LogP contribution in [0.3, 0.4) is 0 Å². The van der Waals surface area contributed by atoms with E-state index in [1.54, 1.807) is 43.3 Å². The van der Waals surface area contributed by atoms with E-state index in [1.807, 2.05) is 0 Å². The lowest BCUT2D eigenvalue weighted by Crippen LogP contribution is -2.40. The molecule has 1 aliphatic rings. The Morgan fingerprint density at radius 1 is 1.14 bits per heavy atom. The van der Waals surface area contributed by atoms with E-state index in [9.17, 15) is 13.2 Å². The van der Waals surface area contributed by atoms with Crippen LogP contribution in [-0.4, -0.2) is 26.6 Å². The summed E-state index contributed by atoms with van der Waals surface area (Å²) in [5, 5.41) is 4.63. The number of nitrogens with zero attached hydrogens (tertiary/aromatic N) is 2. The molecule has 0 aromatic heterocycles. The van der Waals surface area contributed by atoms with E-state index in [0.717, 1.165) is 35.7 Å². The molecule has 28 heavy (non-hydrogen) atoms. The van der Waals surface area contributed by atoms with Gasteiger partial charge in [0.25, 0.3) is 15.9 Å². The van der Waals surface area contributed by atoms with Gasteiger partial charge in [0.05, 0.1) is 10.6 Å². The molecule has 0 aliphatic heterocycles. The molecule has 1 aliphatic carbocycles. The van der Waals surface area contributed by atoms with Gasteiger partial charge in [-0.05, 0) is 68.5 Å². The van der Waals surface area contributed by atoms with Crippen molar-refractivity contribution in [2.75, 3.05) is 10.8 Å². The van der Waals surface area contributed by atoms with Crippen LogP contribution < -0.4 is 9.73 Å². The molecule has 1 saturated carbocycles. The fourth-order valence-electron chi connectivity index (χ4n) is 3.12. The average Bonchev–Trinajstić information content (AvgIpc) is 3.19. The third-order valence-electron chi connectivity index (χ3n) is 4.57. The summed E-state index contributed by atoms with van der Waals surface area (Å²) in [7, 11) is -3.94. The summed E-state index contributed by atoms with van der Waals surface area (Å²) < 4.78 is 27.6. The number of hydrazone groups is 1. The predicted octanol–water partition coefficient (Wildman–Crippen LogP) is 3.89. The molecule has 0 heterocycles. The minimum atomic E-state index is -3.94. The Bertz CT molecular complexity index is 983. The Kier molecular flexibility index (Phi) is 6.36. The minimum absolute atomic E-state index is 0.110. The number of aryl methyl sites for hydroxylation is 1. The van der Waals surface area contributed by atoms with Crippen LogP contribution in [-0.2, 0) is 14.8 Å². The first-order valence-corrected chi connectivity index (χ1v) is 10.9. The largest absolute Gasteiger partial charge is 0.271 e. The maximum Gasteiger partial charge on any atom is 0.264 e. The highest BCUT2D eigenvalue weighted by Crippen LogP contribution is 2.28. The highest BCUT2D eigenvalue weighted by molar-refractivity contribution is 7.92. The average molecular weight is 420 g/mol. The number of carbonyl (C=O) groups is 1. The van der Waals surface area contributed by atoms with Crippen molar-refractivity contribution >= 4 is 38.9 Å². The number of hydrogen-bond donors (Lipinski definition) is 1. The van der Waals surface area contributed by atoms with Crippen LogP contribution in [0.4, 0.5) is 5.69 Å². The molecular formula is C20H22ClN3O3S. The van der Waals surface area contributed by atoms with Crippen LogP contribution >= 0.6 is 11.6 Å². The molecule has 6 nitrogen and oxygen atoms in total. The Morgan fingerprint density at radius 3 is 2.46 bits per heavy atom. The van der Waals surface area contributed by atoms with Crippen molar-refractivity contribution in [3.8, 4) is 0 Å². The second kappa shape index (κ2) is 8.75. The number of amides is 1. The van der Waals surface area contributed by atoms with Crippen molar-refractivity contribution in [2.45, 2.75) is 37.5 Å². The van der Waals surface area contributed by atoms with E-state index in [1.165, 1.54) is 12.1 Å². The summed E-state index contributed by atoms with van der Waals surface area (Å²) in [6.07, 6.45) is 3.85. The second-order valence-corrected chi connectivity index (χ2v) is 8.97. The fourth-order valence-corrected chi connectivity index (χ4v) is 4.85. The SMILES string of the molecule is Cc1cc(Cl)ccc1N(CC(=O)NN=C1CCCC1)S(=O)(=O)c1ccccc1. The molecule has 0 spiro atoms. The molecule has 3 rings (SSSR count). The zero-order chi connectivity index (χ0) is 20.1. The van der Waals surface area contributed by atoms with Gasteiger partial charge in [0.1, 0.15) is 6.54 Å². The van der Waals surface area contributed by atoms with E-state index in [-0.39, 0.29) is 11.4 Å². The summed E-state index contributed by atoms with van der Waals surface area (Å²) >= 11 is 6.02. The smallest absolute Gasteiger partial charge is 0.264 e. The van der Waals surface area contributed by atoms with Gasteiger partial charge in [-0.3, -0.25) is 9.10 Å². The number of anilines is 1. The Hall–Kier alpha value is -2.38. The number of carbonyl (C=O) groups excluding carboxylic acids is 1. The van der Waals surface area contributed by atoms with Gasteiger partial charge in [-0.25, -0.2) is 13.8 Å². The van der Waals surface area contributed by atoms with Gasteiger partial charge in [0, 0.05) is 10.7 Å². The van der Waals surface area contributed by atoms with Crippen molar-refractivity contribution in [3.05, 3.63) is 59.1 Å². The molecule has 1 fully saturated rings. The first-order chi connectivity index (χ1) is 13.4. The van der Waals surface area contributed by atoms with E-state index in [0.29, 0.717) is 16.3 Å². The molecule has 0 bridgehead atoms. The first-order valence-electron chi connectivity index (χ1n) is 9.06. The monoisotopic (exact) mass is 419 g/mol. The van der Waals surface area contributed by atoms with Gasteiger partial charge >= 0.3 is 0 Å². The van der Waals surface area contributed by atoms with Crippen LogP contribution in [0.15, 0.2) is 58.5 Å². The van der Waals surface area contributed by atoms with Crippen molar-refractivity contribution in [3.63, 3.8) is 0 Å². The highest BCUT2D eigenvalue weighted by Gasteiger charge is 2.28. The molecule has 1 N–H and O–H groups in total. The molecular weight excluding hydrogens is 398 g/mol. The van der Waals surface area contributed by atoms with Crippen molar-refractivity contribution in [2.24, 2.45) is 5.10 Å². The van der Waals surface area contributed by atoms with Gasteiger partial charge in [-0.15, -0.1) is 0 Å². The lowest BCUT2D eigenvalue weighted by molar-refractivity contribution is -0.119. The van der Waals surface area contributed by atoms with Crippen molar-refractivity contribution in [1.82, 2.24) is 5.43 Å². The van der Waals surface area contributed by atoms with E-state index in [4.69, 9.17) is 11.6 Å². The van der Waals surface area contributed by atoms with Crippen molar-refractivity contribution in [1.29, 1.82) is 0 Å². The number of nitrogens with one attached hydrogen (secondary N) is 1. The number of halogens is 1. The standard InChI is InChI=1S/C20H22ClN3O3S/c1-15-13-16(21)11-12-19(15)24(28(26,27)18-9-3-2-4-10-18)14-20(25)23-22-17-7-5-6-8-17/h2-4,9-13H,5-8,14H2,1H3,(H,23,25). The Balaban J connectivity index is 1.92. The second-order valence-electron chi connectivity index (χ2n) is 6.68. The summed E-state index contributed by atoms with van der Waals surface area (Å²) in [5.74, 6) is -0.492. The summed E-state index contributed by atoms with van der Waals surface area (Å²) in [6.45, 7) is 1.38. The summed E-state index contributed by atoms with van der Waals surface area (Å²) in [6, 6.07) is 12.9. The minimum Gasteiger partial charge on any atom is -0.271 e. The molecule has 0 atom stereocenters. The molecule has 0 unspecified atom stereocenters. The maximum atomic E-state index is 13.2. The topological polar surface area (TPSA) is 78.8 Å². The van der Waals surface area contributed by atoms with Gasteiger partial charge in [0.2, 0.25) is 0 Å². The normalized spacial score (nSPS) is 14.0. The predicted molar refractivity (Wildman–Crippen MR) is 111 cm³/mol. The third kappa shape index (κ3) is 4.72. The number of sulfonamides is 1. The van der Waals surface area contributed by atoms with Gasteiger partial charge in [-0.2, -0.15) is 5.10 Å². The third-order valence-corrected chi connectivity index (χ3v) is 6.57. The lowest BCUT2D eigenvalue weighted by Gasteiger charge is -2.25. The van der Waals surface area contributed by atoms with Crippen molar-refractivity contribution < 1.29 is 13.2 Å². The van der Waals surface area contributed by atoms with Gasteiger partial charge in [0.15, 0.2) is 0 Å². The fraction of sp³-hybridized carbons (Fsp3) is 0.300. The molecule has 0 saturated heterocycles. The van der Waals surface area contributed by atoms with Crippen LogP contribution in [0.25, 0.3) is 0 Å². The molecule has 8 heteroatoms. The van der Waals surface area contributed by atoms with Crippen LogP contribution in [0.5, 0.6) is 0 Å². The Morgan fingerprint density at radius 2 is 1.82 bits per heavy atom. The van der Waals surface area contributed by atoms with Crippen LogP contribution in [0.2, 0.25) is 5.02 Å². The summed E-state index contributed by atoms with van der Waals surface area (Å²) in [4.78, 5) is 12.6.